The molecule has 2 atom stereocenters. The van der Waals surface area contributed by atoms with Crippen LogP contribution in [0.3, 0.4) is 0 Å². The zero-order valence-corrected chi connectivity index (χ0v) is 22.2. The molecule has 0 aliphatic carbocycles. The van der Waals surface area contributed by atoms with Gasteiger partial charge >= 0.3 is 19.5 Å². The van der Waals surface area contributed by atoms with Crippen LogP contribution in [0, 0.1) is 6.92 Å². The normalized spacial score (nSPS) is 12.4. The van der Waals surface area contributed by atoms with E-state index in [2.05, 4.69) is 49.8 Å². The number of hydrogen-bond donors (Lipinski definition) is 2. The molecule has 32 heavy (non-hydrogen) atoms. The Morgan fingerprint density at radius 2 is 1.19 bits per heavy atom. The van der Waals surface area contributed by atoms with E-state index in [0.717, 1.165) is 17.4 Å². The Morgan fingerprint density at radius 1 is 0.750 bits per heavy atom. The van der Waals surface area contributed by atoms with Crippen LogP contribution in [0.1, 0.15) is 54.1 Å². The average Bonchev–Trinajstić information content (AvgIpc) is 2.73. The fraction of sp³-hybridized carbons (Fsp3) is 0.280. The van der Waals surface area contributed by atoms with Gasteiger partial charge in [-0.1, -0.05) is 104 Å². The van der Waals surface area contributed by atoms with Gasteiger partial charge in [0, 0.05) is 0 Å². The molecule has 0 fully saturated rings. The largest absolute Gasteiger partial charge is 1.00 e. The minimum atomic E-state index is -3.35. The Morgan fingerprint density at radius 3 is 1.59 bits per heavy atom. The second kappa shape index (κ2) is 14.6. The van der Waals surface area contributed by atoms with Crippen LogP contribution in [-0.4, -0.2) is 14.7 Å². The van der Waals surface area contributed by atoms with Crippen LogP contribution in [0.4, 0.5) is 0 Å². The summed E-state index contributed by atoms with van der Waals surface area (Å²) < 4.78 is 25.8. The number of hydrogen-bond acceptors (Lipinski definition) is 3. The summed E-state index contributed by atoms with van der Waals surface area (Å²) in [7, 11) is -3.35. The van der Waals surface area contributed by atoms with Crippen molar-refractivity contribution in [1.82, 2.24) is 4.72 Å². The van der Waals surface area contributed by atoms with Crippen molar-refractivity contribution >= 4 is 10.0 Å². The quantitative estimate of drug-likeness (QED) is 0.454. The van der Waals surface area contributed by atoms with Crippen LogP contribution in [0.5, 0.6) is 0 Å². The molecule has 3 aromatic rings. The van der Waals surface area contributed by atoms with Gasteiger partial charge in [0.05, 0.1) is 18.3 Å². The second-order valence-corrected chi connectivity index (χ2v) is 9.56. The van der Waals surface area contributed by atoms with E-state index >= 15 is 0 Å². The number of benzene rings is 3. The van der Waals surface area contributed by atoms with Crippen LogP contribution in [0.15, 0.2) is 84.9 Å². The Hall–Kier alpha value is -1.56. The molecular weight excluding hydrogens is 529 g/mol. The molecule has 4 nitrogen and oxygen atoms in total. The Bertz CT molecular complexity index is 999. The molecule has 7 heteroatoms. The first-order chi connectivity index (χ1) is 14.2. The van der Waals surface area contributed by atoms with Gasteiger partial charge < -0.3 is 18.1 Å². The maximum Gasteiger partial charge on any atom is 1.00 e. The molecule has 0 saturated carbocycles. The Kier molecular flexibility index (Phi) is 13.9. The topological polar surface area (TPSA) is 72.2 Å². The minimum Gasteiger partial charge on any atom is -1.00 e. The number of rotatable bonds is 6. The Balaban J connectivity index is 0.000000683. The van der Waals surface area contributed by atoms with Crippen molar-refractivity contribution in [3.63, 3.8) is 0 Å². The summed E-state index contributed by atoms with van der Waals surface area (Å²) in [6, 6.07) is 26.6. The monoisotopic (exact) mass is 561 g/mol. The average molecular weight is 561 g/mol. The van der Waals surface area contributed by atoms with Crippen molar-refractivity contribution in [2.75, 3.05) is 6.26 Å². The van der Waals surface area contributed by atoms with E-state index in [-0.39, 0.29) is 31.9 Å². The number of nitrogens with two attached hydrogens (primary N) is 1. The molecule has 0 unspecified atom stereocenters. The summed E-state index contributed by atoms with van der Waals surface area (Å²) in [6.07, 6.45) is 1.14. The van der Waals surface area contributed by atoms with Crippen molar-refractivity contribution in [3.8, 4) is 0 Å². The van der Waals surface area contributed by atoms with Crippen LogP contribution in [-0.2, 0) is 29.5 Å². The van der Waals surface area contributed by atoms with E-state index in [0.29, 0.717) is 5.92 Å². The van der Waals surface area contributed by atoms with Crippen molar-refractivity contribution in [2.45, 2.75) is 38.8 Å². The van der Waals surface area contributed by atoms with Gasteiger partial charge in [-0.05, 0) is 29.5 Å². The van der Waals surface area contributed by atoms with E-state index in [1.807, 2.05) is 60.7 Å². The molecule has 0 aliphatic heterocycles. The molecule has 0 saturated heterocycles. The molecule has 3 aromatic carbocycles. The Labute approximate surface area is 212 Å². The van der Waals surface area contributed by atoms with E-state index in [1.54, 1.807) is 0 Å². The van der Waals surface area contributed by atoms with Gasteiger partial charge in [-0.25, -0.2) is 13.1 Å². The van der Waals surface area contributed by atoms with Gasteiger partial charge in [0.25, 0.3) is 0 Å². The number of nitrogens with one attached hydrogen (secondary N) is 1. The van der Waals surface area contributed by atoms with E-state index in [9.17, 15) is 8.42 Å². The summed E-state index contributed by atoms with van der Waals surface area (Å²) in [4.78, 5) is 0. The molecule has 0 aromatic heterocycles. The summed E-state index contributed by atoms with van der Waals surface area (Å²) in [5.74, 6) is 0.653. The molecule has 3 rings (SSSR count). The van der Waals surface area contributed by atoms with Gasteiger partial charge in [-0.3, -0.25) is 0 Å². The van der Waals surface area contributed by atoms with Gasteiger partial charge in [0.2, 0.25) is 10.0 Å². The van der Waals surface area contributed by atoms with Crippen LogP contribution >= 0.6 is 0 Å². The maximum atomic E-state index is 11.6. The van der Waals surface area contributed by atoms with Crippen molar-refractivity contribution in [2.24, 2.45) is 5.73 Å². The molecule has 3 N–H and O–H groups in total. The first kappa shape index (κ1) is 30.4. The third kappa shape index (κ3) is 10.4. The summed E-state index contributed by atoms with van der Waals surface area (Å²) in [6.45, 7) is 6.54. The van der Waals surface area contributed by atoms with Crippen molar-refractivity contribution in [3.05, 3.63) is 107 Å². The van der Waals surface area contributed by atoms with Crippen LogP contribution in [0.2, 0.25) is 0 Å². The molecular formula is C25H32ClN2O2RuS. The van der Waals surface area contributed by atoms with Crippen LogP contribution in [0.25, 0.3) is 0 Å². The van der Waals surface area contributed by atoms with Gasteiger partial charge in [0.1, 0.15) is 0 Å². The molecule has 0 bridgehead atoms. The molecule has 175 valence electrons. The smallest absolute Gasteiger partial charge is 1.00 e. The minimum absolute atomic E-state index is 0. The summed E-state index contributed by atoms with van der Waals surface area (Å²) in [5.41, 5.74) is 10.7. The van der Waals surface area contributed by atoms with E-state index < -0.39 is 22.1 Å². The summed E-state index contributed by atoms with van der Waals surface area (Å²) >= 11 is 0. The molecule has 0 spiro atoms. The second-order valence-electron chi connectivity index (χ2n) is 7.78. The predicted molar refractivity (Wildman–Crippen MR) is 126 cm³/mol. The fourth-order valence-electron chi connectivity index (χ4n) is 3.06. The SMILES string of the molecule is CS(=O)(=O)N[C@H](c1ccccc1)[C@H](N)c1ccccc1.Cc1ccc(C(C)C)cc1.[Cl-].[Ru+]. The zero-order valence-electron chi connectivity index (χ0n) is 18.8. The van der Waals surface area contributed by atoms with Gasteiger partial charge in [-0.2, -0.15) is 0 Å². The fourth-order valence-corrected chi connectivity index (χ4v) is 3.80. The van der Waals surface area contributed by atoms with Crippen LogP contribution < -0.4 is 22.9 Å². The first-order valence-electron chi connectivity index (χ1n) is 10.1. The third-order valence-electron chi connectivity index (χ3n) is 4.79. The molecule has 0 heterocycles. The number of halogens is 1. The third-order valence-corrected chi connectivity index (χ3v) is 5.47. The maximum absolute atomic E-state index is 11.6. The van der Waals surface area contributed by atoms with E-state index in [4.69, 9.17) is 5.73 Å². The zero-order chi connectivity index (χ0) is 22.1. The van der Waals surface area contributed by atoms with Gasteiger partial charge in [0.15, 0.2) is 0 Å². The molecule has 1 radical (unpaired) electrons. The van der Waals surface area contributed by atoms with Crippen molar-refractivity contribution < 1.29 is 40.3 Å². The van der Waals surface area contributed by atoms with E-state index in [1.165, 1.54) is 11.1 Å². The number of sulfonamides is 1. The summed E-state index contributed by atoms with van der Waals surface area (Å²) in [5, 5.41) is 0. The molecule has 0 amide bonds. The van der Waals surface area contributed by atoms with Crippen molar-refractivity contribution in [1.29, 1.82) is 0 Å². The molecule has 0 aliphatic rings. The number of aryl methyl sites for hydroxylation is 1. The first-order valence-corrected chi connectivity index (χ1v) is 12.0. The standard InChI is InChI=1S/C15H18N2O2S.C10H14.ClH.Ru/c1-20(18,19)17-15(13-10-6-3-7-11-13)14(16)12-8-4-2-5-9-12;1-8(2)10-6-4-9(3)5-7-10;;/h2-11,14-15,17H,16H2,1H3;4-8H,1-3H3;1H;/q;;;+1/p-1/t14-,15-;;;/m1.../s1. The van der Waals surface area contributed by atoms with Gasteiger partial charge in [-0.15, -0.1) is 0 Å². The predicted octanol–water partition coefficient (Wildman–Crippen LogP) is 2.10.